The quantitative estimate of drug-likeness (QED) is 0.763. The van der Waals surface area contributed by atoms with E-state index in [0.29, 0.717) is 17.8 Å². The number of carbonyl (C=O) groups excluding carboxylic acids is 2. The predicted octanol–water partition coefficient (Wildman–Crippen LogP) is 1.78. The summed E-state index contributed by atoms with van der Waals surface area (Å²) in [6, 6.07) is 13.8. The zero-order valence-corrected chi connectivity index (χ0v) is 17.3. The van der Waals surface area contributed by atoms with E-state index >= 15 is 0 Å². The maximum Gasteiger partial charge on any atom is 0.253 e. The maximum absolute atomic E-state index is 12.3. The van der Waals surface area contributed by atoms with Gasteiger partial charge in [0.15, 0.2) is 0 Å². The Bertz CT molecular complexity index is 936. The average molecular weight is 404 g/mol. The molecule has 0 aliphatic rings. The molecule has 0 unspecified atom stereocenters. The van der Waals surface area contributed by atoms with E-state index in [4.69, 9.17) is 0 Å². The molecule has 2 aromatic rings. The van der Waals surface area contributed by atoms with Crippen molar-refractivity contribution < 1.29 is 18.0 Å². The molecule has 0 saturated heterocycles. The first-order valence-electron chi connectivity index (χ1n) is 8.69. The van der Waals surface area contributed by atoms with Crippen molar-refractivity contribution in [2.75, 3.05) is 31.2 Å². The average Bonchev–Trinajstić information content (AvgIpc) is 2.64. The number of amides is 2. The topological polar surface area (TPSA) is 86.8 Å². The Morgan fingerprint density at radius 3 is 2.04 bits per heavy atom. The minimum Gasteiger partial charge on any atom is -0.350 e. The molecule has 0 heterocycles. The number of aryl methyl sites for hydroxylation is 1. The lowest BCUT2D eigenvalue weighted by atomic mass is 10.1. The SMILES string of the molecule is Cc1ccc(CNC(=O)CN(c2ccc(C(=O)N(C)C)cc2)S(C)(=O)=O)cc1. The third kappa shape index (κ3) is 5.82. The largest absolute Gasteiger partial charge is 0.350 e. The van der Waals surface area contributed by atoms with Gasteiger partial charge in [-0.3, -0.25) is 13.9 Å². The molecule has 0 aromatic heterocycles. The zero-order valence-electron chi connectivity index (χ0n) is 16.5. The van der Waals surface area contributed by atoms with E-state index in [9.17, 15) is 18.0 Å². The van der Waals surface area contributed by atoms with Crippen molar-refractivity contribution in [1.29, 1.82) is 0 Å². The van der Waals surface area contributed by atoms with Crippen LogP contribution < -0.4 is 9.62 Å². The highest BCUT2D eigenvalue weighted by atomic mass is 32.2. The highest BCUT2D eigenvalue weighted by molar-refractivity contribution is 7.92. The van der Waals surface area contributed by atoms with Gasteiger partial charge in [-0.15, -0.1) is 0 Å². The van der Waals surface area contributed by atoms with Gasteiger partial charge in [0, 0.05) is 26.2 Å². The summed E-state index contributed by atoms with van der Waals surface area (Å²) in [7, 11) is -0.401. The second-order valence-corrected chi connectivity index (χ2v) is 8.69. The fraction of sp³-hybridized carbons (Fsp3) is 0.300. The molecule has 2 rings (SSSR count). The van der Waals surface area contributed by atoms with Gasteiger partial charge in [-0.1, -0.05) is 29.8 Å². The number of sulfonamides is 1. The molecule has 0 radical (unpaired) electrons. The van der Waals surface area contributed by atoms with Crippen LogP contribution in [0.3, 0.4) is 0 Å². The van der Waals surface area contributed by atoms with Gasteiger partial charge in [0.25, 0.3) is 5.91 Å². The van der Waals surface area contributed by atoms with Crippen molar-refractivity contribution >= 4 is 27.5 Å². The van der Waals surface area contributed by atoms with Crippen LogP contribution in [0.15, 0.2) is 48.5 Å². The molecule has 0 atom stereocenters. The Morgan fingerprint density at radius 1 is 0.964 bits per heavy atom. The molecule has 0 aliphatic heterocycles. The summed E-state index contributed by atoms with van der Waals surface area (Å²) >= 11 is 0. The third-order valence-corrected chi connectivity index (χ3v) is 5.25. The van der Waals surface area contributed by atoms with E-state index in [0.717, 1.165) is 21.7 Å². The molecule has 2 aromatic carbocycles. The van der Waals surface area contributed by atoms with Crippen molar-refractivity contribution in [3.63, 3.8) is 0 Å². The molecule has 0 fully saturated rings. The minimum absolute atomic E-state index is 0.187. The number of anilines is 1. The van der Waals surface area contributed by atoms with Gasteiger partial charge < -0.3 is 10.2 Å². The molecule has 0 spiro atoms. The summed E-state index contributed by atoms with van der Waals surface area (Å²) in [4.78, 5) is 25.7. The highest BCUT2D eigenvalue weighted by Crippen LogP contribution is 2.18. The van der Waals surface area contributed by atoms with Crippen LogP contribution in [-0.4, -0.2) is 52.0 Å². The van der Waals surface area contributed by atoms with Crippen LogP contribution >= 0.6 is 0 Å². The fourth-order valence-electron chi connectivity index (χ4n) is 2.52. The van der Waals surface area contributed by atoms with Crippen LogP contribution in [0.2, 0.25) is 0 Å². The van der Waals surface area contributed by atoms with Crippen LogP contribution in [0.4, 0.5) is 5.69 Å². The second kappa shape index (κ2) is 8.88. The summed E-state index contributed by atoms with van der Waals surface area (Å²) in [5, 5.41) is 2.73. The molecule has 8 heteroatoms. The monoisotopic (exact) mass is 403 g/mol. The van der Waals surface area contributed by atoms with E-state index in [1.54, 1.807) is 26.2 Å². The van der Waals surface area contributed by atoms with Crippen LogP contribution in [0.5, 0.6) is 0 Å². The standard InChI is InChI=1S/C20H25N3O4S/c1-15-5-7-16(8-6-15)13-21-19(24)14-23(28(4,26)27)18-11-9-17(10-12-18)20(25)22(2)3/h5-12H,13-14H2,1-4H3,(H,21,24). The molecule has 2 amide bonds. The number of benzene rings is 2. The van der Waals surface area contributed by atoms with Crippen molar-refractivity contribution in [3.05, 3.63) is 65.2 Å². The van der Waals surface area contributed by atoms with E-state index in [1.807, 2.05) is 31.2 Å². The van der Waals surface area contributed by atoms with E-state index in [-0.39, 0.29) is 12.5 Å². The van der Waals surface area contributed by atoms with Crippen LogP contribution in [-0.2, 0) is 21.4 Å². The van der Waals surface area contributed by atoms with Gasteiger partial charge in [0.1, 0.15) is 6.54 Å². The Kier molecular flexibility index (Phi) is 6.80. The number of hydrogen-bond donors (Lipinski definition) is 1. The van der Waals surface area contributed by atoms with Crippen LogP contribution in [0, 0.1) is 6.92 Å². The first-order valence-corrected chi connectivity index (χ1v) is 10.5. The molecule has 7 nitrogen and oxygen atoms in total. The summed E-state index contributed by atoms with van der Waals surface area (Å²) in [6.07, 6.45) is 1.04. The van der Waals surface area contributed by atoms with Gasteiger partial charge in [-0.05, 0) is 36.8 Å². The smallest absolute Gasteiger partial charge is 0.253 e. The van der Waals surface area contributed by atoms with Crippen molar-refractivity contribution in [2.24, 2.45) is 0 Å². The molecule has 1 N–H and O–H groups in total. The fourth-order valence-corrected chi connectivity index (χ4v) is 3.38. The first kappa shape index (κ1) is 21.4. The van der Waals surface area contributed by atoms with E-state index < -0.39 is 15.9 Å². The van der Waals surface area contributed by atoms with E-state index in [2.05, 4.69) is 5.32 Å². The molecule has 0 saturated carbocycles. The van der Waals surface area contributed by atoms with Crippen molar-refractivity contribution in [3.8, 4) is 0 Å². The number of nitrogens with zero attached hydrogens (tertiary/aromatic N) is 2. The van der Waals surface area contributed by atoms with Crippen molar-refractivity contribution in [2.45, 2.75) is 13.5 Å². The second-order valence-electron chi connectivity index (χ2n) is 6.78. The van der Waals surface area contributed by atoms with Gasteiger partial charge in [0.2, 0.25) is 15.9 Å². The Labute approximate surface area is 166 Å². The lowest BCUT2D eigenvalue weighted by Crippen LogP contribution is -2.40. The van der Waals surface area contributed by atoms with E-state index in [1.165, 1.54) is 17.0 Å². The Hall–Kier alpha value is -2.87. The third-order valence-electron chi connectivity index (χ3n) is 4.11. The molecular formula is C20H25N3O4S. The maximum atomic E-state index is 12.3. The lowest BCUT2D eigenvalue weighted by Gasteiger charge is -2.22. The normalized spacial score (nSPS) is 11.0. The summed E-state index contributed by atoms with van der Waals surface area (Å²) < 4.78 is 25.4. The Morgan fingerprint density at radius 2 is 1.54 bits per heavy atom. The van der Waals surface area contributed by atoms with Crippen LogP contribution in [0.25, 0.3) is 0 Å². The number of rotatable bonds is 7. The van der Waals surface area contributed by atoms with Gasteiger partial charge in [0.05, 0.1) is 11.9 Å². The summed E-state index contributed by atoms with van der Waals surface area (Å²) in [5.74, 6) is -0.604. The van der Waals surface area contributed by atoms with Crippen LogP contribution in [0.1, 0.15) is 21.5 Å². The number of hydrogen-bond acceptors (Lipinski definition) is 4. The Balaban J connectivity index is 2.10. The van der Waals surface area contributed by atoms with Gasteiger partial charge in [-0.2, -0.15) is 0 Å². The molecule has 0 bridgehead atoms. The number of nitrogens with one attached hydrogen (secondary N) is 1. The van der Waals surface area contributed by atoms with Crippen molar-refractivity contribution in [1.82, 2.24) is 10.2 Å². The number of carbonyl (C=O) groups is 2. The minimum atomic E-state index is -3.67. The molecule has 28 heavy (non-hydrogen) atoms. The van der Waals surface area contributed by atoms with Gasteiger partial charge in [-0.25, -0.2) is 8.42 Å². The highest BCUT2D eigenvalue weighted by Gasteiger charge is 2.21. The summed E-state index contributed by atoms with van der Waals surface area (Å²) in [6.45, 7) is 1.95. The molecular weight excluding hydrogens is 378 g/mol. The first-order chi connectivity index (χ1) is 13.1. The predicted molar refractivity (Wildman–Crippen MR) is 110 cm³/mol. The lowest BCUT2D eigenvalue weighted by molar-refractivity contribution is -0.119. The molecule has 0 aliphatic carbocycles. The summed E-state index contributed by atoms with van der Waals surface area (Å²) in [5.41, 5.74) is 2.81. The zero-order chi connectivity index (χ0) is 20.9. The molecule has 150 valence electrons. The van der Waals surface area contributed by atoms with Gasteiger partial charge >= 0.3 is 0 Å².